The SMILES string of the molecule is c1cnc2cc(CN3CCCC3Cn3cnc4ccccc43)ccc2c1. The Morgan fingerprint density at radius 2 is 1.92 bits per heavy atom. The number of nitrogens with zero attached hydrogens (tertiary/aromatic N) is 4. The van der Waals surface area contributed by atoms with Crippen LogP contribution in [-0.4, -0.2) is 32.0 Å². The first-order chi connectivity index (χ1) is 12.9. The maximum Gasteiger partial charge on any atom is 0.0958 e. The van der Waals surface area contributed by atoms with Crippen LogP contribution in [0.3, 0.4) is 0 Å². The highest BCUT2D eigenvalue weighted by Gasteiger charge is 2.25. The number of aromatic nitrogens is 3. The molecule has 0 N–H and O–H groups in total. The molecule has 0 saturated carbocycles. The van der Waals surface area contributed by atoms with Gasteiger partial charge in [0.25, 0.3) is 0 Å². The van der Waals surface area contributed by atoms with Crippen molar-refractivity contribution in [2.24, 2.45) is 0 Å². The predicted octanol–water partition coefficient (Wildman–Crippen LogP) is 4.25. The molecule has 26 heavy (non-hydrogen) atoms. The summed E-state index contributed by atoms with van der Waals surface area (Å²) < 4.78 is 2.31. The molecule has 0 radical (unpaired) electrons. The van der Waals surface area contributed by atoms with Gasteiger partial charge in [-0.1, -0.05) is 30.3 Å². The summed E-state index contributed by atoms with van der Waals surface area (Å²) in [5, 5.41) is 1.21. The summed E-state index contributed by atoms with van der Waals surface area (Å²) in [5.74, 6) is 0. The topological polar surface area (TPSA) is 34.0 Å². The minimum absolute atomic E-state index is 0.562. The summed E-state index contributed by atoms with van der Waals surface area (Å²) >= 11 is 0. The average molecular weight is 342 g/mol. The Kier molecular flexibility index (Phi) is 3.91. The molecule has 1 aliphatic heterocycles. The molecule has 0 spiro atoms. The van der Waals surface area contributed by atoms with Gasteiger partial charge < -0.3 is 4.57 Å². The summed E-state index contributed by atoms with van der Waals surface area (Å²) in [4.78, 5) is 11.6. The summed E-state index contributed by atoms with van der Waals surface area (Å²) in [7, 11) is 0. The van der Waals surface area contributed by atoms with E-state index in [1.807, 2.05) is 18.6 Å². The summed E-state index contributed by atoms with van der Waals surface area (Å²) in [6, 6.07) is 19.7. The Morgan fingerprint density at radius 3 is 2.92 bits per heavy atom. The van der Waals surface area contributed by atoms with Crippen molar-refractivity contribution in [2.45, 2.75) is 32.0 Å². The highest BCUT2D eigenvalue weighted by atomic mass is 15.2. The normalized spacial score (nSPS) is 18.1. The second-order valence-electron chi connectivity index (χ2n) is 7.18. The Labute approximate surface area is 153 Å². The lowest BCUT2D eigenvalue weighted by atomic mass is 10.1. The van der Waals surface area contributed by atoms with E-state index >= 15 is 0 Å². The molecule has 4 aromatic rings. The van der Waals surface area contributed by atoms with Crippen LogP contribution in [0.5, 0.6) is 0 Å². The molecule has 1 fully saturated rings. The van der Waals surface area contributed by atoms with Crippen LogP contribution in [0.4, 0.5) is 0 Å². The molecule has 0 aliphatic carbocycles. The van der Waals surface area contributed by atoms with E-state index in [0.717, 1.165) is 30.7 Å². The number of benzene rings is 2. The van der Waals surface area contributed by atoms with E-state index in [1.54, 1.807) is 0 Å². The lowest BCUT2D eigenvalue weighted by Gasteiger charge is -2.25. The number of imidazole rings is 1. The molecule has 1 aliphatic rings. The predicted molar refractivity (Wildman–Crippen MR) is 105 cm³/mol. The quantitative estimate of drug-likeness (QED) is 0.556. The monoisotopic (exact) mass is 342 g/mol. The first-order valence-electron chi connectivity index (χ1n) is 9.34. The van der Waals surface area contributed by atoms with Gasteiger partial charge in [0.15, 0.2) is 0 Å². The third-order valence-electron chi connectivity index (χ3n) is 5.49. The van der Waals surface area contributed by atoms with Crippen LogP contribution >= 0.6 is 0 Å². The van der Waals surface area contributed by atoms with Crippen molar-refractivity contribution in [3.8, 4) is 0 Å². The van der Waals surface area contributed by atoms with Crippen LogP contribution < -0.4 is 0 Å². The van der Waals surface area contributed by atoms with E-state index in [2.05, 4.69) is 68.0 Å². The summed E-state index contributed by atoms with van der Waals surface area (Å²) in [6.45, 7) is 3.16. The van der Waals surface area contributed by atoms with Gasteiger partial charge in [-0.05, 0) is 49.2 Å². The van der Waals surface area contributed by atoms with Crippen molar-refractivity contribution < 1.29 is 0 Å². The van der Waals surface area contributed by atoms with Gasteiger partial charge in [0.2, 0.25) is 0 Å². The number of pyridine rings is 1. The number of likely N-dealkylation sites (tertiary alicyclic amines) is 1. The number of hydrogen-bond acceptors (Lipinski definition) is 3. The molecule has 4 heteroatoms. The van der Waals surface area contributed by atoms with Crippen LogP contribution in [0.25, 0.3) is 21.9 Å². The zero-order valence-electron chi connectivity index (χ0n) is 14.8. The Balaban J connectivity index is 1.36. The van der Waals surface area contributed by atoms with Gasteiger partial charge in [0.05, 0.1) is 22.9 Å². The number of para-hydroxylation sites is 2. The molecule has 0 bridgehead atoms. The molecular formula is C22H22N4. The molecule has 1 unspecified atom stereocenters. The zero-order valence-corrected chi connectivity index (χ0v) is 14.8. The maximum absolute atomic E-state index is 4.54. The van der Waals surface area contributed by atoms with Gasteiger partial charge in [-0.3, -0.25) is 9.88 Å². The number of fused-ring (bicyclic) bond motifs is 2. The van der Waals surface area contributed by atoms with E-state index in [9.17, 15) is 0 Å². The van der Waals surface area contributed by atoms with Crippen LogP contribution in [0.1, 0.15) is 18.4 Å². The van der Waals surface area contributed by atoms with E-state index in [4.69, 9.17) is 0 Å². The van der Waals surface area contributed by atoms with Crippen LogP contribution in [0, 0.1) is 0 Å². The van der Waals surface area contributed by atoms with Crippen molar-refractivity contribution in [1.82, 2.24) is 19.4 Å². The summed E-state index contributed by atoms with van der Waals surface area (Å²) in [5.41, 5.74) is 4.74. The molecule has 130 valence electrons. The van der Waals surface area contributed by atoms with Crippen molar-refractivity contribution >= 4 is 21.9 Å². The maximum atomic E-state index is 4.54. The second-order valence-corrected chi connectivity index (χ2v) is 7.18. The molecular weight excluding hydrogens is 320 g/mol. The lowest BCUT2D eigenvalue weighted by Crippen LogP contribution is -2.32. The van der Waals surface area contributed by atoms with Crippen molar-refractivity contribution in [1.29, 1.82) is 0 Å². The van der Waals surface area contributed by atoms with Gasteiger partial charge in [-0.25, -0.2) is 4.98 Å². The minimum atomic E-state index is 0.562. The molecule has 3 heterocycles. The van der Waals surface area contributed by atoms with Gasteiger partial charge >= 0.3 is 0 Å². The van der Waals surface area contributed by atoms with Gasteiger partial charge in [-0.2, -0.15) is 0 Å². The van der Waals surface area contributed by atoms with Crippen molar-refractivity contribution in [3.63, 3.8) is 0 Å². The number of hydrogen-bond donors (Lipinski definition) is 0. The molecule has 0 amide bonds. The fourth-order valence-corrected chi connectivity index (χ4v) is 4.14. The summed E-state index contributed by atoms with van der Waals surface area (Å²) in [6.07, 6.45) is 6.37. The van der Waals surface area contributed by atoms with E-state index in [-0.39, 0.29) is 0 Å². The van der Waals surface area contributed by atoms with Crippen molar-refractivity contribution in [2.75, 3.05) is 6.54 Å². The Morgan fingerprint density at radius 1 is 0.962 bits per heavy atom. The van der Waals surface area contributed by atoms with E-state index < -0.39 is 0 Å². The third-order valence-corrected chi connectivity index (χ3v) is 5.49. The van der Waals surface area contributed by atoms with Crippen molar-refractivity contribution in [3.05, 3.63) is 72.7 Å². The fraction of sp³-hybridized carbons (Fsp3) is 0.273. The second kappa shape index (κ2) is 6.54. The smallest absolute Gasteiger partial charge is 0.0958 e. The Hall–Kier alpha value is -2.72. The standard InChI is InChI=1S/C22H22N4/c1-2-8-22-20(7-1)24-16-26(22)15-19-6-4-12-25(19)14-17-9-10-18-5-3-11-23-21(18)13-17/h1-3,5,7-11,13,16,19H,4,6,12,14-15H2. The van der Waals surface area contributed by atoms with Gasteiger partial charge in [0, 0.05) is 30.7 Å². The minimum Gasteiger partial charge on any atom is -0.329 e. The molecule has 5 rings (SSSR count). The number of rotatable bonds is 4. The van der Waals surface area contributed by atoms with E-state index in [0.29, 0.717) is 6.04 Å². The zero-order chi connectivity index (χ0) is 17.3. The fourth-order valence-electron chi connectivity index (χ4n) is 4.14. The van der Waals surface area contributed by atoms with E-state index in [1.165, 1.54) is 29.3 Å². The highest BCUT2D eigenvalue weighted by molar-refractivity contribution is 5.78. The van der Waals surface area contributed by atoms with Crippen LogP contribution in [-0.2, 0) is 13.1 Å². The van der Waals surface area contributed by atoms with Gasteiger partial charge in [-0.15, -0.1) is 0 Å². The van der Waals surface area contributed by atoms with Crippen LogP contribution in [0.2, 0.25) is 0 Å². The van der Waals surface area contributed by atoms with Crippen LogP contribution in [0.15, 0.2) is 67.1 Å². The average Bonchev–Trinajstić information content (AvgIpc) is 3.29. The molecule has 4 nitrogen and oxygen atoms in total. The first-order valence-corrected chi connectivity index (χ1v) is 9.34. The molecule has 1 saturated heterocycles. The lowest BCUT2D eigenvalue weighted by molar-refractivity contribution is 0.226. The molecule has 1 atom stereocenters. The van der Waals surface area contributed by atoms with Gasteiger partial charge in [0.1, 0.15) is 0 Å². The third kappa shape index (κ3) is 2.86. The first kappa shape index (κ1) is 15.5. The molecule has 2 aromatic carbocycles. The molecule has 2 aromatic heterocycles. The highest BCUT2D eigenvalue weighted by Crippen LogP contribution is 2.24. The Bertz CT molecular complexity index is 1050. The largest absolute Gasteiger partial charge is 0.329 e.